The van der Waals surface area contributed by atoms with E-state index in [-0.39, 0.29) is 0 Å². The first kappa shape index (κ1) is 10.7. The molecule has 2 aromatic carbocycles. The van der Waals surface area contributed by atoms with Crippen LogP contribution in [0.3, 0.4) is 0 Å². The highest BCUT2D eigenvalue weighted by molar-refractivity contribution is 8.00. The van der Waals surface area contributed by atoms with Crippen molar-refractivity contribution in [2.75, 3.05) is 0 Å². The molecule has 1 nitrogen and oxygen atoms in total. The van der Waals surface area contributed by atoms with Crippen LogP contribution in [0.15, 0.2) is 53.4 Å². The molecular weight excluding hydrogens is 228 g/mol. The van der Waals surface area contributed by atoms with Gasteiger partial charge in [-0.2, -0.15) is 0 Å². The lowest BCUT2D eigenvalue weighted by Crippen LogP contribution is -2.00. The van der Waals surface area contributed by atoms with Crippen LogP contribution in [0.1, 0.15) is 11.1 Å². The van der Waals surface area contributed by atoms with Gasteiger partial charge in [-0.1, -0.05) is 24.3 Å². The predicted octanol–water partition coefficient (Wildman–Crippen LogP) is 3.65. The van der Waals surface area contributed by atoms with Gasteiger partial charge in [-0.25, -0.2) is 0 Å². The number of aromatic hydroxyl groups is 1. The van der Waals surface area contributed by atoms with Crippen LogP contribution in [0.25, 0.3) is 0 Å². The fraction of sp³-hybridized carbons (Fsp3) is 0.200. The Morgan fingerprint density at radius 1 is 0.882 bits per heavy atom. The lowest BCUT2D eigenvalue weighted by molar-refractivity contribution is 0.475. The van der Waals surface area contributed by atoms with E-state index >= 15 is 0 Å². The second-order valence-electron chi connectivity index (χ2n) is 4.41. The highest BCUT2D eigenvalue weighted by Crippen LogP contribution is 2.34. The second-order valence-corrected chi connectivity index (χ2v) is 5.78. The number of hydrogen-bond donors (Lipinski definition) is 1. The van der Waals surface area contributed by atoms with E-state index in [1.165, 1.54) is 16.0 Å². The fourth-order valence-electron chi connectivity index (χ4n) is 2.32. The molecule has 0 bridgehead atoms. The molecule has 0 heterocycles. The standard InChI is InChI=1S/C15H14OS/c16-13-5-7-14(8-6-13)17-15-9-11-3-1-2-4-12(11)10-15/h1-8,15-16H,9-10H2. The zero-order valence-electron chi connectivity index (χ0n) is 9.47. The lowest BCUT2D eigenvalue weighted by atomic mass is 10.1. The predicted molar refractivity (Wildman–Crippen MR) is 71.6 cm³/mol. The largest absolute Gasteiger partial charge is 0.508 e. The summed E-state index contributed by atoms with van der Waals surface area (Å²) in [5.74, 6) is 0.337. The van der Waals surface area contributed by atoms with Crippen LogP contribution in [0, 0.1) is 0 Å². The average molecular weight is 242 g/mol. The third-order valence-electron chi connectivity index (χ3n) is 3.15. The molecule has 86 valence electrons. The van der Waals surface area contributed by atoms with E-state index in [4.69, 9.17) is 0 Å². The zero-order chi connectivity index (χ0) is 11.7. The lowest BCUT2D eigenvalue weighted by Gasteiger charge is -2.08. The third kappa shape index (κ3) is 2.32. The molecule has 2 aromatic rings. The van der Waals surface area contributed by atoms with Crippen LogP contribution >= 0.6 is 11.8 Å². The van der Waals surface area contributed by atoms with Crippen LogP contribution in [0.5, 0.6) is 5.75 Å². The van der Waals surface area contributed by atoms with Crippen molar-refractivity contribution >= 4 is 11.8 Å². The SMILES string of the molecule is Oc1ccc(SC2Cc3ccccc3C2)cc1. The van der Waals surface area contributed by atoms with Gasteiger partial charge >= 0.3 is 0 Å². The minimum Gasteiger partial charge on any atom is -0.508 e. The third-order valence-corrected chi connectivity index (χ3v) is 4.36. The number of phenolic OH excluding ortho intramolecular Hbond substituents is 1. The van der Waals surface area contributed by atoms with E-state index in [1.54, 1.807) is 12.1 Å². The van der Waals surface area contributed by atoms with Gasteiger partial charge in [0.05, 0.1) is 0 Å². The topological polar surface area (TPSA) is 20.2 Å². The molecule has 3 rings (SSSR count). The maximum atomic E-state index is 9.25. The van der Waals surface area contributed by atoms with Crippen LogP contribution in [0.2, 0.25) is 0 Å². The molecule has 0 fully saturated rings. The number of phenols is 1. The first-order valence-electron chi connectivity index (χ1n) is 5.84. The van der Waals surface area contributed by atoms with Gasteiger partial charge in [0.25, 0.3) is 0 Å². The second kappa shape index (κ2) is 4.46. The summed E-state index contributed by atoms with van der Waals surface area (Å²) in [6, 6.07) is 16.2. The first-order chi connectivity index (χ1) is 8.31. The maximum absolute atomic E-state index is 9.25. The molecule has 0 aliphatic heterocycles. The van der Waals surface area contributed by atoms with E-state index in [9.17, 15) is 5.11 Å². The number of benzene rings is 2. The van der Waals surface area contributed by atoms with Gasteiger partial charge in [-0.05, 0) is 48.2 Å². The Bertz CT molecular complexity index is 494. The summed E-state index contributed by atoms with van der Waals surface area (Å²) in [6.45, 7) is 0. The molecule has 0 aromatic heterocycles. The summed E-state index contributed by atoms with van der Waals surface area (Å²) < 4.78 is 0. The summed E-state index contributed by atoms with van der Waals surface area (Å²) in [5.41, 5.74) is 2.98. The van der Waals surface area contributed by atoms with Crippen molar-refractivity contribution in [2.24, 2.45) is 0 Å². The molecule has 1 N–H and O–H groups in total. The molecule has 0 saturated carbocycles. The van der Waals surface area contributed by atoms with Gasteiger partial charge in [0.1, 0.15) is 5.75 Å². The molecule has 2 heteroatoms. The summed E-state index contributed by atoms with van der Waals surface area (Å²) in [5, 5.41) is 9.89. The fourth-order valence-corrected chi connectivity index (χ4v) is 3.52. The molecule has 0 radical (unpaired) electrons. The Morgan fingerprint density at radius 2 is 1.47 bits per heavy atom. The zero-order valence-corrected chi connectivity index (χ0v) is 10.3. The molecule has 17 heavy (non-hydrogen) atoms. The van der Waals surface area contributed by atoms with Crippen LogP contribution in [0.4, 0.5) is 0 Å². The van der Waals surface area contributed by atoms with Gasteiger partial charge in [0.2, 0.25) is 0 Å². The minimum absolute atomic E-state index is 0.337. The van der Waals surface area contributed by atoms with E-state index in [0.717, 1.165) is 12.8 Å². The highest BCUT2D eigenvalue weighted by atomic mass is 32.2. The summed E-state index contributed by atoms with van der Waals surface area (Å²) in [6.07, 6.45) is 2.31. The van der Waals surface area contributed by atoms with E-state index < -0.39 is 0 Å². The van der Waals surface area contributed by atoms with Gasteiger partial charge in [-0.15, -0.1) is 11.8 Å². The summed E-state index contributed by atoms with van der Waals surface area (Å²) in [4.78, 5) is 1.24. The number of rotatable bonds is 2. The Hall–Kier alpha value is -1.41. The quantitative estimate of drug-likeness (QED) is 0.867. The molecular formula is C15H14OS. The van der Waals surface area contributed by atoms with Crippen LogP contribution < -0.4 is 0 Å². The molecule has 0 atom stereocenters. The van der Waals surface area contributed by atoms with Crippen LogP contribution in [-0.4, -0.2) is 10.4 Å². The average Bonchev–Trinajstić information content (AvgIpc) is 2.74. The number of fused-ring (bicyclic) bond motifs is 1. The van der Waals surface area contributed by atoms with E-state index in [2.05, 4.69) is 24.3 Å². The van der Waals surface area contributed by atoms with Crippen molar-refractivity contribution in [2.45, 2.75) is 23.0 Å². The molecule has 0 amide bonds. The molecule has 0 unspecified atom stereocenters. The summed E-state index contributed by atoms with van der Waals surface area (Å²) >= 11 is 1.91. The molecule has 1 aliphatic rings. The van der Waals surface area contributed by atoms with Gasteiger partial charge in [0, 0.05) is 10.1 Å². The summed E-state index contributed by atoms with van der Waals surface area (Å²) in [7, 11) is 0. The number of thioether (sulfide) groups is 1. The number of hydrogen-bond acceptors (Lipinski definition) is 2. The normalized spacial score (nSPS) is 14.8. The Kier molecular flexibility index (Phi) is 2.81. The van der Waals surface area contributed by atoms with Crippen molar-refractivity contribution in [1.82, 2.24) is 0 Å². The van der Waals surface area contributed by atoms with Crippen molar-refractivity contribution in [1.29, 1.82) is 0 Å². The van der Waals surface area contributed by atoms with E-state index in [1.807, 2.05) is 23.9 Å². The minimum atomic E-state index is 0.337. The molecule has 1 aliphatic carbocycles. The molecule has 0 spiro atoms. The monoisotopic (exact) mass is 242 g/mol. The van der Waals surface area contributed by atoms with E-state index in [0.29, 0.717) is 11.0 Å². The maximum Gasteiger partial charge on any atom is 0.115 e. The van der Waals surface area contributed by atoms with Gasteiger partial charge in [0.15, 0.2) is 0 Å². The van der Waals surface area contributed by atoms with Crippen molar-refractivity contribution in [3.05, 3.63) is 59.7 Å². The molecule has 0 saturated heterocycles. The van der Waals surface area contributed by atoms with Crippen molar-refractivity contribution in [3.63, 3.8) is 0 Å². The van der Waals surface area contributed by atoms with Crippen molar-refractivity contribution < 1.29 is 5.11 Å². The Balaban J connectivity index is 1.71. The van der Waals surface area contributed by atoms with Crippen molar-refractivity contribution in [3.8, 4) is 5.75 Å². The Labute approximate surface area is 105 Å². The first-order valence-corrected chi connectivity index (χ1v) is 6.72. The smallest absolute Gasteiger partial charge is 0.115 e. The van der Waals surface area contributed by atoms with Gasteiger partial charge in [-0.3, -0.25) is 0 Å². The Morgan fingerprint density at radius 3 is 2.06 bits per heavy atom. The highest BCUT2D eigenvalue weighted by Gasteiger charge is 2.21. The van der Waals surface area contributed by atoms with Gasteiger partial charge < -0.3 is 5.11 Å². The van der Waals surface area contributed by atoms with Crippen LogP contribution in [-0.2, 0) is 12.8 Å².